The lowest BCUT2D eigenvalue weighted by molar-refractivity contribution is -0.142. The molecule has 2 atom stereocenters. The molecule has 37 heavy (non-hydrogen) atoms. The van der Waals surface area contributed by atoms with Crippen LogP contribution in [0.1, 0.15) is 62.1 Å². The summed E-state index contributed by atoms with van der Waals surface area (Å²) in [6.07, 6.45) is 4.32. The second-order valence-corrected chi connectivity index (χ2v) is 11.5. The standard InChI is InChI=1S/C26H30IN5O4S/c1-36-23(33)14-32-9-8-20-22(13-32)37-26(31-20)25(35)30-19-5-3-2-4-18(19)29-24(34)21-11-16-10-15(12-27)6-7-17(16)28-21/h6-7,10-11,18-19,28H,2-5,8-9,12-14H2,1H3,(H,29,34)(H,30,35)/t18-,19+/m0/s1. The summed E-state index contributed by atoms with van der Waals surface area (Å²) >= 11 is 3.71. The fraction of sp³-hybridized carbons (Fsp3) is 0.462. The topological polar surface area (TPSA) is 116 Å². The molecular weight excluding hydrogens is 605 g/mol. The molecule has 2 aliphatic rings. The maximum atomic E-state index is 13.1. The number of aromatic nitrogens is 2. The molecule has 1 aliphatic carbocycles. The van der Waals surface area contributed by atoms with Crippen molar-refractivity contribution in [2.24, 2.45) is 0 Å². The lowest BCUT2D eigenvalue weighted by atomic mass is 9.90. The van der Waals surface area contributed by atoms with Crippen LogP contribution in [0.15, 0.2) is 24.3 Å². The zero-order valence-electron chi connectivity index (χ0n) is 20.6. The second kappa shape index (κ2) is 11.5. The molecule has 196 valence electrons. The fourth-order valence-corrected chi connectivity index (χ4v) is 6.60. The molecule has 0 radical (unpaired) electrons. The highest BCUT2D eigenvalue weighted by Gasteiger charge is 2.31. The van der Waals surface area contributed by atoms with Crippen LogP contribution >= 0.6 is 33.9 Å². The predicted molar refractivity (Wildman–Crippen MR) is 150 cm³/mol. The first-order valence-corrected chi connectivity index (χ1v) is 14.8. The first-order chi connectivity index (χ1) is 17.9. The molecule has 1 saturated carbocycles. The summed E-state index contributed by atoms with van der Waals surface area (Å²) in [6.45, 7) is 1.52. The van der Waals surface area contributed by atoms with Crippen LogP contribution in [0.2, 0.25) is 0 Å². The highest BCUT2D eigenvalue weighted by atomic mass is 127. The summed E-state index contributed by atoms with van der Waals surface area (Å²) in [6, 6.07) is 7.75. The number of methoxy groups -OCH3 is 1. The van der Waals surface area contributed by atoms with Crippen molar-refractivity contribution >= 4 is 62.6 Å². The zero-order valence-corrected chi connectivity index (χ0v) is 23.6. The van der Waals surface area contributed by atoms with Gasteiger partial charge in [-0.1, -0.05) is 41.5 Å². The molecule has 0 bridgehead atoms. The molecule has 2 aromatic heterocycles. The van der Waals surface area contributed by atoms with E-state index >= 15 is 0 Å². The van der Waals surface area contributed by atoms with Gasteiger partial charge >= 0.3 is 5.97 Å². The van der Waals surface area contributed by atoms with Gasteiger partial charge in [-0.2, -0.15) is 0 Å². The number of H-pyrrole nitrogens is 1. The number of thiazole rings is 1. The number of halogens is 1. The molecule has 1 aromatic carbocycles. The maximum absolute atomic E-state index is 13.1. The Morgan fingerprint density at radius 3 is 2.65 bits per heavy atom. The van der Waals surface area contributed by atoms with Gasteiger partial charge < -0.3 is 20.4 Å². The van der Waals surface area contributed by atoms with Gasteiger partial charge in [0.25, 0.3) is 11.8 Å². The van der Waals surface area contributed by atoms with Crippen molar-refractivity contribution in [3.8, 4) is 0 Å². The van der Waals surface area contributed by atoms with Crippen molar-refractivity contribution in [2.45, 2.75) is 55.2 Å². The first-order valence-electron chi connectivity index (χ1n) is 12.5. The molecule has 1 aliphatic heterocycles. The van der Waals surface area contributed by atoms with Crippen LogP contribution in [0.25, 0.3) is 10.9 Å². The molecule has 5 rings (SSSR count). The number of aromatic amines is 1. The van der Waals surface area contributed by atoms with Gasteiger partial charge in [0.1, 0.15) is 5.69 Å². The number of hydrogen-bond acceptors (Lipinski definition) is 7. The Morgan fingerprint density at radius 1 is 1.16 bits per heavy atom. The van der Waals surface area contributed by atoms with Gasteiger partial charge in [0.05, 0.1) is 19.3 Å². The Bertz CT molecular complexity index is 1320. The average Bonchev–Trinajstić information content (AvgIpc) is 3.53. The highest BCUT2D eigenvalue weighted by molar-refractivity contribution is 14.1. The quantitative estimate of drug-likeness (QED) is 0.208. The lowest BCUT2D eigenvalue weighted by Crippen LogP contribution is -2.53. The third-order valence-corrected chi connectivity index (χ3v) is 9.03. The largest absolute Gasteiger partial charge is 0.468 e. The predicted octanol–water partition coefficient (Wildman–Crippen LogP) is 3.56. The molecule has 1 fully saturated rings. The molecule has 3 heterocycles. The normalized spacial score (nSPS) is 19.8. The average molecular weight is 636 g/mol. The van der Waals surface area contributed by atoms with Gasteiger partial charge in [-0.05, 0) is 36.6 Å². The third kappa shape index (κ3) is 5.99. The van der Waals surface area contributed by atoms with E-state index < -0.39 is 0 Å². The van der Waals surface area contributed by atoms with Crippen molar-refractivity contribution in [2.75, 3.05) is 20.2 Å². The van der Waals surface area contributed by atoms with Crippen LogP contribution in [-0.2, 0) is 26.9 Å². The number of fused-ring (bicyclic) bond motifs is 2. The van der Waals surface area contributed by atoms with Gasteiger partial charge in [-0.3, -0.25) is 19.3 Å². The van der Waals surface area contributed by atoms with E-state index in [9.17, 15) is 14.4 Å². The van der Waals surface area contributed by atoms with Gasteiger partial charge in [0.2, 0.25) is 0 Å². The monoisotopic (exact) mass is 635 g/mol. The zero-order chi connectivity index (χ0) is 25.9. The van der Waals surface area contributed by atoms with Crippen LogP contribution in [-0.4, -0.2) is 64.9 Å². The summed E-state index contributed by atoms with van der Waals surface area (Å²) in [7, 11) is 1.38. The van der Waals surface area contributed by atoms with Gasteiger partial charge in [0, 0.05) is 51.8 Å². The van der Waals surface area contributed by atoms with Gasteiger partial charge in [0.15, 0.2) is 5.01 Å². The van der Waals surface area contributed by atoms with Crippen LogP contribution in [0.4, 0.5) is 0 Å². The van der Waals surface area contributed by atoms with E-state index in [1.54, 1.807) is 0 Å². The van der Waals surface area contributed by atoms with Crippen LogP contribution < -0.4 is 10.6 Å². The smallest absolute Gasteiger partial charge is 0.319 e. The van der Waals surface area contributed by atoms with E-state index in [1.807, 2.05) is 17.0 Å². The SMILES string of the molecule is COC(=O)CN1CCc2nc(C(=O)N[C@@H]3CCCC[C@@H]3NC(=O)c3cc4cc(CI)ccc4[nH]3)sc2C1. The molecule has 0 saturated heterocycles. The number of ether oxygens (including phenoxy) is 1. The van der Waals surface area contributed by atoms with Crippen LogP contribution in [0.3, 0.4) is 0 Å². The molecular formula is C26H30IN5O4S. The number of hydrogen-bond donors (Lipinski definition) is 3. The first kappa shape index (κ1) is 26.1. The van der Waals surface area contributed by atoms with E-state index in [0.717, 1.165) is 51.6 Å². The van der Waals surface area contributed by atoms with E-state index in [1.165, 1.54) is 24.0 Å². The van der Waals surface area contributed by atoms with Crippen molar-refractivity contribution in [1.29, 1.82) is 0 Å². The molecule has 2 amide bonds. The van der Waals surface area contributed by atoms with E-state index in [2.05, 4.69) is 55.3 Å². The van der Waals surface area contributed by atoms with Crippen molar-refractivity contribution in [3.05, 3.63) is 51.1 Å². The molecule has 3 N–H and O–H groups in total. The number of carbonyl (C=O) groups is 3. The van der Waals surface area contributed by atoms with E-state index in [4.69, 9.17) is 4.74 Å². The highest BCUT2D eigenvalue weighted by Crippen LogP contribution is 2.26. The molecule has 0 unspecified atom stereocenters. The third-order valence-electron chi connectivity index (χ3n) is 7.07. The Morgan fingerprint density at radius 2 is 1.92 bits per heavy atom. The number of benzene rings is 1. The molecule has 3 aromatic rings. The summed E-state index contributed by atoms with van der Waals surface area (Å²) in [5, 5.41) is 7.75. The van der Waals surface area contributed by atoms with Gasteiger partial charge in [-0.15, -0.1) is 11.3 Å². The fourth-order valence-electron chi connectivity index (χ4n) is 5.07. The minimum Gasteiger partial charge on any atom is -0.468 e. The number of nitrogens with zero attached hydrogens (tertiary/aromatic N) is 2. The minimum atomic E-state index is -0.269. The number of alkyl halides is 1. The van der Waals surface area contributed by atoms with Crippen molar-refractivity contribution in [3.63, 3.8) is 0 Å². The van der Waals surface area contributed by atoms with E-state index in [-0.39, 0.29) is 36.4 Å². The second-order valence-electron chi connectivity index (χ2n) is 9.61. The number of amides is 2. The number of nitrogens with one attached hydrogen (secondary N) is 3. The van der Waals surface area contributed by atoms with Crippen molar-refractivity contribution < 1.29 is 19.1 Å². The molecule has 0 spiro atoms. The van der Waals surface area contributed by atoms with Crippen molar-refractivity contribution in [1.82, 2.24) is 25.5 Å². The summed E-state index contributed by atoms with van der Waals surface area (Å²) in [5.41, 5.74) is 3.61. The Balaban J connectivity index is 1.23. The van der Waals surface area contributed by atoms with Gasteiger partial charge in [-0.25, -0.2) is 4.98 Å². The minimum absolute atomic E-state index is 0.147. The van der Waals surface area contributed by atoms with Crippen LogP contribution in [0, 0.1) is 0 Å². The Hall–Kier alpha value is -2.51. The number of carbonyl (C=O) groups excluding carboxylic acids is 3. The lowest BCUT2D eigenvalue weighted by Gasteiger charge is -2.32. The summed E-state index contributed by atoms with van der Waals surface area (Å²) in [5.74, 6) is -0.634. The summed E-state index contributed by atoms with van der Waals surface area (Å²) in [4.78, 5) is 48.7. The van der Waals surface area contributed by atoms with Crippen LogP contribution in [0.5, 0.6) is 0 Å². The Kier molecular flexibility index (Phi) is 8.10. The number of esters is 1. The maximum Gasteiger partial charge on any atom is 0.319 e. The van der Waals surface area contributed by atoms with E-state index in [0.29, 0.717) is 30.2 Å². The Labute approximate surface area is 232 Å². The molecule has 11 heteroatoms. The summed E-state index contributed by atoms with van der Waals surface area (Å²) < 4.78 is 5.68. The number of rotatable bonds is 7. The molecule has 9 nitrogen and oxygen atoms in total.